The number of carbonyl (C=O) groups excluding carboxylic acids is 1. The summed E-state index contributed by atoms with van der Waals surface area (Å²) in [5.74, 6) is -1.20. The van der Waals surface area contributed by atoms with Gasteiger partial charge in [0.15, 0.2) is 9.84 Å². The summed E-state index contributed by atoms with van der Waals surface area (Å²) in [5, 5.41) is 1.30. The van der Waals surface area contributed by atoms with E-state index in [9.17, 15) is 17.6 Å². The number of nitrogens with one attached hydrogen (secondary N) is 1. The average molecular weight is 315 g/mol. The Morgan fingerprint density at radius 2 is 2.10 bits per heavy atom. The first-order chi connectivity index (χ1) is 9.88. The van der Waals surface area contributed by atoms with Gasteiger partial charge >= 0.3 is 0 Å². The molecular formula is C14H18FNO4S. The molecule has 1 saturated heterocycles. The molecule has 1 amide bonds. The Morgan fingerprint density at radius 3 is 2.67 bits per heavy atom. The summed E-state index contributed by atoms with van der Waals surface area (Å²) < 4.78 is 42.4. The molecule has 116 valence electrons. The summed E-state index contributed by atoms with van der Waals surface area (Å²) in [4.78, 5) is 12.0. The van der Waals surface area contributed by atoms with Crippen LogP contribution >= 0.6 is 0 Å². The van der Waals surface area contributed by atoms with E-state index in [0.717, 1.165) is 6.42 Å². The predicted molar refractivity (Wildman–Crippen MR) is 77.3 cm³/mol. The normalized spacial score (nSPS) is 20.2. The van der Waals surface area contributed by atoms with Crippen LogP contribution in [0.4, 0.5) is 10.1 Å². The third-order valence-corrected chi connectivity index (χ3v) is 5.59. The number of carbonyl (C=O) groups is 1. The number of ether oxygens (including phenoxy) is 1. The molecule has 5 nitrogen and oxygen atoms in total. The van der Waals surface area contributed by atoms with E-state index in [2.05, 4.69) is 5.32 Å². The molecule has 1 aromatic rings. The van der Waals surface area contributed by atoms with Crippen molar-refractivity contribution in [2.24, 2.45) is 0 Å². The van der Waals surface area contributed by atoms with Crippen molar-refractivity contribution in [1.82, 2.24) is 0 Å². The van der Waals surface area contributed by atoms with E-state index < -0.39 is 26.8 Å². The van der Waals surface area contributed by atoms with Crippen molar-refractivity contribution in [2.45, 2.75) is 31.1 Å². The lowest BCUT2D eigenvalue weighted by Crippen LogP contribution is -2.37. The predicted octanol–water partition coefficient (Wildman–Crippen LogP) is 1.75. The van der Waals surface area contributed by atoms with E-state index >= 15 is 0 Å². The van der Waals surface area contributed by atoms with Crippen molar-refractivity contribution in [2.75, 3.05) is 17.7 Å². The maximum Gasteiger partial charge on any atom is 0.242 e. The topological polar surface area (TPSA) is 72.5 Å². The van der Waals surface area contributed by atoms with Gasteiger partial charge in [-0.2, -0.15) is 0 Å². The van der Waals surface area contributed by atoms with Crippen LogP contribution in [0.2, 0.25) is 0 Å². The number of benzene rings is 1. The van der Waals surface area contributed by atoms with Crippen LogP contribution in [-0.2, 0) is 19.4 Å². The highest BCUT2D eigenvalue weighted by Gasteiger charge is 2.32. The van der Waals surface area contributed by atoms with E-state index in [1.807, 2.05) is 0 Å². The quantitative estimate of drug-likeness (QED) is 0.898. The maximum absolute atomic E-state index is 12.8. The summed E-state index contributed by atoms with van der Waals surface area (Å²) in [7, 11) is -3.58. The molecular weight excluding hydrogens is 297 g/mol. The maximum atomic E-state index is 12.8. The minimum Gasteiger partial charge on any atom is -0.377 e. The molecule has 7 heteroatoms. The van der Waals surface area contributed by atoms with Gasteiger partial charge in [-0.25, -0.2) is 12.8 Å². The van der Waals surface area contributed by atoms with Gasteiger partial charge in [-0.05, 0) is 44.0 Å². The number of rotatable bonds is 5. The largest absolute Gasteiger partial charge is 0.377 e. The molecule has 1 aromatic carbocycles. The van der Waals surface area contributed by atoms with Crippen molar-refractivity contribution in [3.63, 3.8) is 0 Å². The number of hydrogen-bond donors (Lipinski definition) is 1. The van der Waals surface area contributed by atoms with Gasteiger partial charge in [0.05, 0.1) is 11.9 Å². The minimum absolute atomic E-state index is 0.148. The van der Waals surface area contributed by atoms with Gasteiger partial charge in [-0.15, -0.1) is 0 Å². The van der Waals surface area contributed by atoms with Gasteiger partial charge in [0.25, 0.3) is 0 Å². The third-order valence-electron chi connectivity index (χ3n) is 3.46. The Hall–Kier alpha value is -1.47. The number of anilines is 1. The van der Waals surface area contributed by atoms with Gasteiger partial charge in [0.2, 0.25) is 5.91 Å². The van der Waals surface area contributed by atoms with Crippen LogP contribution < -0.4 is 5.32 Å². The van der Waals surface area contributed by atoms with Crippen LogP contribution in [0.5, 0.6) is 0 Å². The van der Waals surface area contributed by atoms with E-state index in [1.165, 1.54) is 31.2 Å². The van der Waals surface area contributed by atoms with E-state index in [0.29, 0.717) is 18.7 Å². The molecule has 0 aromatic heterocycles. The molecule has 1 N–H and O–H groups in total. The Morgan fingerprint density at radius 1 is 1.43 bits per heavy atom. The Labute approximate surface area is 123 Å². The monoisotopic (exact) mass is 315 g/mol. The lowest BCUT2D eigenvalue weighted by Gasteiger charge is -2.16. The van der Waals surface area contributed by atoms with Gasteiger partial charge in [0.1, 0.15) is 11.1 Å². The summed E-state index contributed by atoms with van der Waals surface area (Å²) in [6, 6.07) is 5.15. The molecule has 0 saturated carbocycles. The van der Waals surface area contributed by atoms with Crippen LogP contribution in [0, 0.1) is 5.82 Å². The number of hydrogen-bond acceptors (Lipinski definition) is 4. The Kier molecular flexibility index (Phi) is 4.95. The first-order valence-electron chi connectivity index (χ1n) is 6.78. The first-order valence-corrected chi connectivity index (χ1v) is 8.49. The third kappa shape index (κ3) is 4.25. The molecule has 2 rings (SSSR count). The molecule has 1 heterocycles. The van der Waals surface area contributed by atoms with Crippen LogP contribution in [0.15, 0.2) is 24.3 Å². The van der Waals surface area contributed by atoms with Crippen LogP contribution in [0.1, 0.15) is 19.8 Å². The van der Waals surface area contributed by atoms with E-state index in [-0.39, 0.29) is 11.9 Å². The second kappa shape index (κ2) is 6.53. The van der Waals surface area contributed by atoms with Gasteiger partial charge in [0, 0.05) is 12.3 Å². The molecule has 2 atom stereocenters. The molecule has 21 heavy (non-hydrogen) atoms. The first kappa shape index (κ1) is 15.9. The zero-order chi connectivity index (χ0) is 15.5. The average Bonchev–Trinajstić information content (AvgIpc) is 2.92. The van der Waals surface area contributed by atoms with E-state index in [4.69, 9.17) is 4.74 Å². The molecule has 1 fully saturated rings. The van der Waals surface area contributed by atoms with Crippen molar-refractivity contribution in [3.8, 4) is 0 Å². The van der Waals surface area contributed by atoms with Crippen molar-refractivity contribution in [1.29, 1.82) is 0 Å². The van der Waals surface area contributed by atoms with Crippen molar-refractivity contribution < 1.29 is 22.3 Å². The molecule has 0 bridgehead atoms. The zero-order valence-electron chi connectivity index (χ0n) is 11.7. The molecule has 1 aliphatic rings. The fraction of sp³-hybridized carbons (Fsp3) is 0.500. The lowest BCUT2D eigenvalue weighted by atomic mass is 10.3. The number of amides is 1. The zero-order valence-corrected chi connectivity index (χ0v) is 12.5. The molecule has 0 radical (unpaired) electrons. The van der Waals surface area contributed by atoms with Crippen molar-refractivity contribution >= 4 is 21.4 Å². The summed E-state index contributed by atoms with van der Waals surface area (Å²) >= 11 is 0. The van der Waals surface area contributed by atoms with Gasteiger partial charge in [-0.3, -0.25) is 4.79 Å². The number of halogens is 1. The smallest absolute Gasteiger partial charge is 0.242 e. The van der Waals surface area contributed by atoms with E-state index in [1.54, 1.807) is 0 Å². The Bertz CT molecular complexity index is 594. The van der Waals surface area contributed by atoms with Crippen LogP contribution in [-0.4, -0.2) is 38.0 Å². The highest BCUT2D eigenvalue weighted by molar-refractivity contribution is 7.92. The van der Waals surface area contributed by atoms with Crippen LogP contribution in [0.3, 0.4) is 0 Å². The highest BCUT2D eigenvalue weighted by Crippen LogP contribution is 2.17. The standard InChI is InChI=1S/C14H18FNO4S/c1-10(21(18,19)9-13-3-2-8-20-13)14(17)16-12-6-4-11(15)5-7-12/h4-7,10,13H,2-3,8-9H2,1H3,(H,16,17)/t10-,13-/m1/s1. The minimum atomic E-state index is -3.58. The molecule has 0 spiro atoms. The second-order valence-corrected chi connectivity index (χ2v) is 7.47. The van der Waals surface area contributed by atoms with Gasteiger partial charge < -0.3 is 10.1 Å². The fourth-order valence-electron chi connectivity index (χ4n) is 2.12. The second-order valence-electron chi connectivity index (χ2n) is 5.10. The van der Waals surface area contributed by atoms with Crippen LogP contribution in [0.25, 0.3) is 0 Å². The molecule has 0 aliphatic carbocycles. The fourth-order valence-corrected chi connectivity index (χ4v) is 3.57. The SMILES string of the molecule is C[C@H](C(=O)Nc1ccc(F)cc1)S(=O)(=O)C[C@H]1CCCO1. The summed E-state index contributed by atoms with van der Waals surface area (Å²) in [5.41, 5.74) is 0.362. The number of sulfone groups is 1. The Balaban J connectivity index is 1.98. The molecule has 1 aliphatic heterocycles. The van der Waals surface area contributed by atoms with Crippen molar-refractivity contribution in [3.05, 3.63) is 30.1 Å². The highest BCUT2D eigenvalue weighted by atomic mass is 32.2. The summed E-state index contributed by atoms with van der Waals surface area (Å²) in [6.45, 7) is 1.92. The summed E-state index contributed by atoms with van der Waals surface area (Å²) in [6.07, 6.45) is 1.22. The molecule has 0 unspecified atom stereocenters. The lowest BCUT2D eigenvalue weighted by molar-refractivity contribution is -0.115. The van der Waals surface area contributed by atoms with Gasteiger partial charge in [-0.1, -0.05) is 0 Å².